The molecule has 23 heavy (non-hydrogen) atoms. The van der Waals surface area contributed by atoms with Crippen LogP contribution in [0.25, 0.3) is 0 Å². The predicted octanol–water partition coefficient (Wildman–Crippen LogP) is 3.33. The molecule has 0 radical (unpaired) electrons. The van der Waals surface area contributed by atoms with Gasteiger partial charge < -0.3 is 10.2 Å². The number of nitrogens with one attached hydrogen (secondary N) is 1. The SMILES string of the molecule is CN1C2CCCC1CC(NC(=O)C13CC4CC(CC(C4)C1)C3)C2. The van der Waals surface area contributed by atoms with E-state index in [1.807, 2.05) is 0 Å². The fourth-order valence-corrected chi connectivity index (χ4v) is 7.46. The number of amides is 1. The molecular weight excluding hydrogens is 284 g/mol. The molecule has 2 saturated heterocycles. The zero-order chi connectivity index (χ0) is 15.6. The highest BCUT2D eigenvalue weighted by molar-refractivity contribution is 5.83. The van der Waals surface area contributed by atoms with Crippen molar-refractivity contribution in [1.82, 2.24) is 10.2 Å². The van der Waals surface area contributed by atoms with Crippen molar-refractivity contribution in [2.75, 3.05) is 7.05 Å². The highest BCUT2D eigenvalue weighted by atomic mass is 16.2. The second-order valence-corrected chi connectivity index (χ2v) is 9.74. The van der Waals surface area contributed by atoms with Gasteiger partial charge in [0.25, 0.3) is 0 Å². The van der Waals surface area contributed by atoms with Gasteiger partial charge in [0.15, 0.2) is 0 Å². The second kappa shape index (κ2) is 5.21. The van der Waals surface area contributed by atoms with E-state index in [-0.39, 0.29) is 5.41 Å². The molecule has 1 amide bonds. The first-order valence-electron chi connectivity index (χ1n) is 10.1. The van der Waals surface area contributed by atoms with Gasteiger partial charge in [-0.2, -0.15) is 0 Å². The maximum Gasteiger partial charge on any atom is 0.226 e. The second-order valence-electron chi connectivity index (χ2n) is 9.74. The van der Waals surface area contributed by atoms with Gasteiger partial charge >= 0.3 is 0 Å². The summed E-state index contributed by atoms with van der Waals surface area (Å²) in [7, 11) is 2.30. The van der Waals surface area contributed by atoms with Gasteiger partial charge in [-0.1, -0.05) is 6.42 Å². The van der Waals surface area contributed by atoms with Gasteiger partial charge in [0, 0.05) is 23.5 Å². The lowest BCUT2D eigenvalue weighted by Gasteiger charge is -2.56. The van der Waals surface area contributed by atoms with Crippen LogP contribution < -0.4 is 5.32 Å². The van der Waals surface area contributed by atoms with Gasteiger partial charge in [-0.15, -0.1) is 0 Å². The van der Waals surface area contributed by atoms with E-state index in [0.717, 1.165) is 17.8 Å². The minimum Gasteiger partial charge on any atom is -0.353 e. The van der Waals surface area contributed by atoms with E-state index in [9.17, 15) is 4.79 Å². The molecule has 6 rings (SSSR count). The minimum atomic E-state index is 0.0349. The van der Waals surface area contributed by atoms with Gasteiger partial charge in [-0.05, 0) is 89.0 Å². The Balaban J connectivity index is 1.29. The summed E-state index contributed by atoms with van der Waals surface area (Å²) in [6.07, 6.45) is 14.3. The smallest absolute Gasteiger partial charge is 0.226 e. The number of carbonyl (C=O) groups is 1. The Bertz CT molecular complexity index is 453. The first kappa shape index (κ1) is 14.7. The number of fused-ring (bicyclic) bond motifs is 2. The molecule has 4 saturated carbocycles. The molecule has 6 bridgehead atoms. The first-order valence-corrected chi connectivity index (χ1v) is 10.1. The van der Waals surface area contributed by atoms with E-state index in [1.54, 1.807) is 0 Å². The van der Waals surface area contributed by atoms with Crippen molar-refractivity contribution in [3.05, 3.63) is 0 Å². The third-order valence-corrected chi connectivity index (χ3v) is 8.19. The molecule has 0 aromatic carbocycles. The monoisotopic (exact) mass is 316 g/mol. The topological polar surface area (TPSA) is 32.3 Å². The van der Waals surface area contributed by atoms with Crippen LogP contribution >= 0.6 is 0 Å². The zero-order valence-electron chi connectivity index (χ0n) is 14.6. The molecule has 4 aliphatic carbocycles. The molecule has 2 aliphatic heterocycles. The largest absolute Gasteiger partial charge is 0.353 e. The van der Waals surface area contributed by atoms with Crippen molar-refractivity contribution >= 4 is 5.91 Å². The van der Waals surface area contributed by atoms with Crippen LogP contribution in [0.1, 0.15) is 70.6 Å². The Hall–Kier alpha value is -0.570. The van der Waals surface area contributed by atoms with Crippen LogP contribution in [0.15, 0.2) is 0 Å². The summed E-state index contributed by atoms with van der Waals surface area (Å²) in [5, 5.41) is 3.56. The van der Waals surface area contributed by atoms with Crippen LogP contribution in [0.5, 0.6) is 0 Å². The molecule has 6 fully saturated rings. The summed E-state index contributed by atoms with van der Waals surface area (Å²) < 4.78 is 0. The summed E-state index contributed by atoms with van der Waals surface area (Å²) in [6, 6.07) is 1.87. The fourth-order valence-electron chi connectivity index (χ4n) is 7.46. The van der Waals surface area contributed by atoms with Crippen molar-refractivity contribution in [3.63, 3.8) is 0 Å². The van der Waals surface area contributed by atoms with Crippen molar-refractivity contribution in [2.24, 2.45) is 23.2 Å². The molecule has 1 N–H and O–H groups in total. The number of hydrogen-bond acceptors (Lipinski definition) is 2. The molecule has 0 aromatic rings. The minimum absolute atomic E-state index is 0.0349. The molecule has 2 heterocycles. The van der Waals surface area contributed by atoms with Crippen LogP contribution in [-0.2, 0) is 4.79 Å². The highest BCUT2D eigenvalue weighted by Gasteiger charge is 2.55. The van der Waals surface area contributed by atoms with Gasteiger partial charge in [0.05, 0.1) is 0 Å². The summed E-state index contributed by atoms with van der Waals surface area (Å²) in [6.45, 7) is 0. The van der Waals surface area contributed by atoms with Gasteiger partial charge in [0.2, 0.25) is 5.91 Å². The fraction of sp³-hybridized carbons (Fsp3) is 0.950. The van der Waals surface area contributed by atoms with Crippen LogP contribution in [-0.4, -0.2) is 36.0 Å². The lowest BCUT2D eigenvalue weighted by molar-refractivity contribution is -0.147. The zero-order valence-corrected chi connectivity index (χ0v) is 14.6. The predicted molar refractivity (Wildman–Crippen MR) is 91.0 cm³/mol. The van der Waals surface area contributed by atoms with E-state index in [1.165, 1.54) is 70.6 Å². The van der Waals surface area contributed by atoms with Crippen LogP contribution in [0.2, 0.25) is 0 Å². The quantitative estimate of drug-likeness (QED) is 0.847. The Morgan fingerprint density at radius 1 is 0.913 bits per heavy atom. The Kier molecular flexibility index (Phi) is 3.34. The van der Waals surface area contributed by atoms with E-state index in [0.29, 0.717) is 24.0 Å². The van der Waals surface area contributed by atoms with Crippen molar-refractivity contribution in [1.29, 1.82) is 0 Å². The van der Waals surface area contributed by atoms with E-state index < -0.39 is 0 Å². The summed E-state index contributed by atoms with van der Waals surface area (Å²) in [5.41, 5.74) is 0.0349. The molecule has 6 aliphatic rings. The average molecular weight is 316 g/mol. The van der Waals surface area contributed by atoms with Crippen molar-refractivity contribution in [2.45, 2.75) is 88.8 Å². The van der Waals surface area contributed by atoms with Crippen LogP contribution in [0, 0.1) is 23.2 Å². The molecule has 0 spiro atoms. The van der Waals surface area contributed by atoms with Crippen molar-refractivity contribution < 1.29 is 4.79 Å². The summed E-state index contributed by atoms with van der Waals surface area (Å²) in [5.74, 6) is 3.04. The van der Waals surface area contributed by atoms with Gasteiger partial charge in [-0.25, -0.2) is 0 Å². The van der Waals surface area contributed by atoms with Crippen LogP contribution in [0.4, 0.5) is 0 Å². The average Bonchev–Trinajstić information content (AvgIpc) is 2.47. The molecule has 128 valence electrons. The third kappa shape index (κ3) is 2.37. The highest BCUT2D eigenvalue weighted by Crippen LogP contribution is 2.60. The number of carbonyl (C=O) groups excluding carboxylic acids is 1. The lowest BCUT2D eigenvalue weighted by Crippen LogP contribution is -2.59. The maximum atomic E-state index is 13.2. The Morgan fingerprint density at radius 2 is 1.43 bits per heavy atom. The van der Waals surface area contributed by atoms with E-state index in [2.05, 4.69) is 17.3 Å². The van der Waals surface area contributed by atoms with Gasteiger partial charge in [0.1, 0.15) is 0 Å². The summed E-state index contributed by atoms with van der Waals surface area (Å²) in [4.78, 5) is 15.8. The van der Waals surface area contributed by atoms with E-state index in [4.69, 9.17) is 0 Å². The number of rotatable bonds is 2. The van der Waals surface area contributed by atoms with Crippen LogP contribution in [0.3, 0.4) is 0 Å². The first-order chi connectivity index (χ1) is 11.1. The normalized spacial score (nSPS) is 51.7. The maximum absolute atomic E-state index is 13.2. The molecule has 3 heteroatoms. The molecule has 0 aromatic heterocycles. The number of nitrogens with zero attached hydrogens (tertiary/aromatic N) is 1. The third-order valence-electron chi connectivity index (χ3n) is 8.19. The van der Waals surface area contributed by atoms with E-state index >= 15 is 0 Å². The lowest BCUT2D eigenvalue weighted by atomic mass is 9.49. The Morgan fingerprint density at radius 3 is 1.96 bits per heavy atom. The van der Waals surface area contributed by atoms with Gasteiger partial charge in [-0.3, -0.25) is 4.79 Å². The van der Waals surface area contributed by atoms with Crippen molar-refractivity contribution in [3.8, 4) is 0 Å². The molecule has 2 atom stereocenters. The molecule has 3 nitrogen and oxygen atoms in total. The Labute approximate surface area is 140 Å². The number of piperidine rings is 2. The summed E-state index contributed by atoms with van der Waals surface area (Å²) >= 11 is 0. The molecular formula is C20H32N2O. The standard InChI is InChI=1S/C20H32N2O/c1-22-17-3-2-4-18(22)9-16(8-17)21-19(23)20-10-13-5-14(11-20)7-15(6-13)12-20/h13-18H,2-12H2,1H3,(H,21,23). The number of hydrogen-bond donors (Lipinski definition) is 1. The molecule has 2 unspecified atom stereocenters.